The maximum Gasteiger partial charge on any atom is 0.229 e. The Hall–Kier alpha value is -1.98. The third-order valence-corrected chi connectivity index (χ3v) is 5.77. The van der Waals surface area contributed by atoms with Crippen molar-refractivity contribution >= 4 is 33.6 Å². The molecule has 1 N–H and O–H groups in total. The van der Waals surface area contributed by atoms with Crippen molar-refractivity contribution < 1.29 is 4.79 Å². The predicted octanol–water partition coefficient (Wildman–Crippen LogP) is 5.29. The number of aryl methyl sites for hydroxylation is 4. The average Bonchev–Trinajstić information content (AvgIpc) is 3.11. The zero-order valence-electron chi connectivity index (χ0n) is 14.3. The van der Waals surface area contributed by atoms with Crippen LogP contribution in [-0.2, 0) is 11.2 Å². The number of rotatable bonds is 4. The minimum Gasteiger partial charge on any atom is -0.317 e. The molecule has 0 radical (unpaired) electrons. The zero-order valence-corrected chi connectivity index (χ0v) is 15.9. The fraction of sp³-hybridized carbons (Fsp3) is 0.263. The summed E-state index contributed by atoms with van der Waals surface area (Å²) in [6.45, 7) is 8.19. The molecule has 3 aromatic rings. The molecular weight excluding hydrogens is 336 g/mol. The molecule has 1 amide bonds. The Balaban J connectivity index is 1.78. The molecule has 0 spiro atoms. The largest absolute Gasteiger partial charge is 0.317 e. The van der Waals surface area contributed by atoms with Gasteiger partial charge in [-0.25, -0.2) is 4.98 Å². The van der Waals surface area contributed by atoms with Gasteiger partial charge in [0.1, 0.15) is 10.0 Å². The molecule has 0 bridgehead atoms. The molecule has 0 saturated heterocycles. The van der Waals surface area contributed by atoms with Crippen molar-refractivity contribution in [1.82, 2.24) is 4.98 Å². The first kappa shape index (κ1) is 16.9. The van der Waals surface area contributed by atoms with Crippen LogP contribution < -0.4 is 5.32 Å². The number of thiophene rings is 1. The lowest BCUT2D eigenvalue weighted by Crippen LogP contribution is -2.15. The summed E-state index contributed by atoms with van der Waals surface area (Å²) >= 11 is 3.14. The molecule has 0 saturated carbocycles. The van der Waals surface area contributed by atoms with Crippen LogP contribution in [0.3, 0.4) is 0 Å². The molecule has 3 rings (SSSR count). The van der Waals surface area contributed by atoms with Crippen molar-refractivity contribution in [2.24, 2.45) is 0 Å². The molecule has 0 aliphatic rings. The van der Waals surface area contributed by atoms with E-state index in [2.05, 4.69) is 43.2 Å². The van der Waals surface area contributed by atoms with Gasteiger partial charge in [-0.1, -0.05) is 17.7 Å². The Morgan fingerprint density at radius 2 is 1.83 bits per heavy atom. The van der Waals surface area contributed by atoms with Crippen molar-refractivity contribution in [2.45, 2.75) is 34.1 Å². The SMILES string of the molecule is Cc1cc(C)c(CC(=O)Nc2sccc2-c2nc(C)cs2)c(C)c1. The lowest BCUT2D eigenvalue weighted by Gasteiger charge is -2.11. The van der Waals surface area contributed by atoms with Gasteiger partial charge in [0.25, 0.3) is 0 Å². The highest BCUT2D eigenvalue weighted by Gasteiger charge is 2.15. The minimum absolute atomic E-state index is 0.0158. The number of thiazole rings is 1. The summed E-state index contributed by atoms with van der Waals surface area (Å²) in [6, 6.07) is 6.27. The molecule has 0 unspecified atom stereocenters. The van der Waals surface area contributed by atoms with Crippen LogP contribution in [0.1, 0.15) is 27.9 Å². The van der Waals surface area contributed by atoms with Crippen molar-refractivity contribution in [3.05, 3.63) is 56.9 Å². The molecule has 24 heavy (non-hydrogen) atoms. The predicted molar refractivity (Wildman–Crippen MR) is 103 cm³/mol. The highest BCUT2D eigenvalue weighted by atomic mass is 32.1. The molecule has 0 aliphatic heterocycles. The molecule has 124 valence electrons. The second kappa shape index (κ2) is 6.87. The Labute approximate surface area is 150 Å². The van der Waals surface area contributed by atoms with E-state index in [0.717, 1.165) is 26.8 Å². The van der Waals surface area contributed by atoms with E-state index >= 15 is 0 Å². The van der Waals surface area contributed by atoms with Gasteiger partial charge >= 0.3 is 0 Å². The number of carbonyl (C=O) groups excluding carboxylic acids is 1. The Morgan fingerprint density at radius 1 is 1.12 bits per heavy atom. The van der Waals surface area contributed by atoms with Crippen LogP contribution >= 0.6 is 22.7 Å². The maximum absolute atomic E-state index is 12.5. The summed E-state index contributed by atoms with van der Waals surface area (Å²) in [4.78, 5) is 17.1. The van der Waals surface area contributed by atoms with E-state index in [0.29, 0.717) is 6.42 Å². The number of amides is 1. The Morgan fingerprint density at radius 3 is 2.46 bits per heavy atom. The van der Waals surface area contributed by atoms with Crippen LogP contribution in [-0.4, -0.2) is 10.9 Å². The van der Waals surface area contributed by atoms with E-state index < -0.39 is 0 Å². The molecule has 0 aliphatic carbocycles. The Bertz CT molecular complexity index is 869. The van der Waals surface area contributed by atoms with E-state index in [1.807, 2.05) is 23.8 Å². The summed E-state index contributed by atoms with van der Waals surface area (Å²) in [5.74, 6) is 0.0158. The number of benzene rings is 1. The molecule has 0 fully saturated rings. The zero-order chi connectivity index (χ0) is 17.3. The van der Waals surface area contributed by atoms with Crippen LogP contribution in [0.15, 0.2) is 29.0 Å². The van der Waals surface area contributed by atoms with Gasteiger partial charge in [-0.2, -0.15) is 0 Å². The number of nitrogens with zero attached hydrogens (tertiary/aromatic N) is 1. The maximum atomic E-state index is 12.5. The van der Waals surface area contributed by atoms with Gasteiger partial charge in [-0.15, -0.1) is 22.7 Å². The monoisotopic (exact) mass is 356 g/mol. The van der Waals surface area contributed by atoms with E-state index in [1.54, 1.807) is 11.3 Å². The first-order chi connectivity index (χ1) is 11.4. The molecule has 1 aromatic carbocycles. The fourth-order valence-corrected chi connectivity index (χ4v) is 4.57. The number of nitrogens with one attached hydrogen (secondary N) is 1. The summed E-state index contributed by atoms with van der Waals surface area (Å²) in [7, 11) is 0. The van der Waals surface area contributed by atoms with Gasteiger partial charge in [-0.3, -0.25) is 4.79 Å². The number of hydrogen-bond donors (Lipinski definition) is 1. The summed E-state index contributed by atoms with van der Waals surface area (Å²) in [5, 5.41) is 8.90. The van der Waals surface area contributed by atoms with Crippen LogP contribution in [0.4, 0.5) is 5.00 Å². The number of anilines is 1. The van der Waals surface area contributed by atoms with Gasteiger partial charge in [0, 0.05) is 16.6 Å². The highest BCUT2D eigenvalue weighted by molar-refractivity contribution is 7.17. The third-order valence-electron chi connectivity index (χ3n) is 3.95. The highest BCUT2D eigenvalue weighted by Crippen LogP contribution is 2.35. The molecule has 3 nitrogen and oxygen atoms in total. The summed E-state index contributed by atoms with van der Waals surface area (Å²) < 4.78 is 0. The topological polar surface area (TPSA) is 42.0 Å². The van der Waals surface area contributed by atoms with E-state index in [4.69, 9.17) is 0 Å². The van der Waals surface area contributed by atoms with Crippen LogP contribution in [0.25, 0.3) is 10.6 Å². The van der Waals surface area contributed by atoms with Gasteiger partial charge < -0.3 is 5.32 Å². The van der Waals surface area contributed by atoms with Crippen LogP contribution in [0.2, 0.25) is 0 Å². The van der Waals surface area contributed by atoms with E-state index in [1.165, 1.54) is 28.0 Å². The van der Waals surface area contributed by atoms with Crippen LogP contribution in [0, 0.1) is 27.7 Å². The van der Waals surface area contributed by atoms with Crippen molar-refractivity contribution in [3.63, 3.8) is 0 Å². The standard InChI is InChI=1S/C19H20N2OS2/c1-11-7-12(2)16(13(3)8-11)9-17(22)21-19-15(5-6-23-19)18-20-14(4)10-24-18/h5-8,10H,9H2,1-4H3,(H,21,22). The number of aromatic nitrogens is 1. The first-order valence-corrected chi connectivity index (χ1v) is 9.56. The summed E-state index contributed by atoms with van der Waals surface area (Å²) in [6.07, 6.45) is 0.395. The minimum atomic E-state index is 0.0158. The number of carbonyl (C=O) groups is 1. The van der Waals surface area contributed by atoms with Crippen molar-refractivity contribution in [1.29, 1.82) is 0 Å². The molecular formula is C19H20N2OS2. The number of hydrogen-bond acceptors (Lipinski definition) is 4. The summed E-state index contributed by atoms with van der Waals surface area (Å²) in [5.41, 5.74) is 6.69. The normalized spacial score (nSPS) is 10.8. The van der Waals surface area contributed by atoms with Crippen molar-refractivity contribution in [2.75, 3.05) is 5.32 Å². The van der Waals surface area contributed by atoms with Gasteiger partial charge in [0.2, 0.25) is 5.91 Å². The quantitative estimate of drug-likeness (QED) is 0.690. The van der Waals surface area contributed by atoms with E-state index in [9.17, 15) is 4.79 Å². The van der Waals surface area contributed by atoms with Gasteiger partial charge in [0.05, 0.1) is 6.42 Å². The fourth-order valence-electron chi connectivity index (χ4n) is 2.87. The smallest absolute Gasteiger partial charge is 0.229 e. The molecule has 2 heterocycles. The lowest BCUT2D eigenvalue weighted by molar-refractivity contribution is -0.115. The first-order valence-electron chi connectivity index (χ1n) is 7.80. The lowest BCUT2D eigenvalue weighted by atomic mass is 9.97. The second-order valence-electron chi connectivity index (χ2n) is 6.06. The van der Waals surface area contributed by atoms with E-state index in [-0.39, 0.29) is 5.91 Å². The Kier molecular flexibility index (Phi) is 4.83. The molecule has 5 heteroatoms. The van der Waals surface area contributed by atoms with Gasteiger partial charge in [0.15, 0.2) is 0 Å². The average molecular weight is 357 g/mol. The van der Waals surface area contributed by atoms with Gasteiger partial charge in [-0.05, 0) is 55.8 Å². The molecule has 0 atom stereocenters. The second-order valence-corrected chi connectivity index (χ2v) is 7.83. The third kappa shape index (κ3) is 3.57. The van der Waals surface area contributed by atoms with Crippen LogP contribution in [0.5, 0.6) is 0 Å². The van der Waals surface area contributed by atoms with Crippen molar-refractivity contribution in [3.8, 4) is 10.6 Å². The molecule has 2 aromatic heterocycles.